The fourth-order valence-electron chi connectivity index (χ4n) is 3.14. The zero-order valence-corrected chi connectivity index (χ0v) is 10.4. The van der Waals surface area contributed by atoms with E-state index >= 15 is 0 Å². The van der Waals surface area contributed by atoms with Gasteiger partial charge in [0.05, 0.1) is 11.7 Å². The molecular weight excluding hydrogens is 186 g/mol. The standard InChI is InChI=1S/C13H25NO/c1-10-6-4-5-7-11(10)12-8-14-9-13(2,3)15-12/h10-12,14H,4-9H2,1-3H3. The van der Waals surface area contributed by atoms with Crippen molar-refractivity contribution in [3.8, 4) is 0 Å². The van der Waals surface area contributed by atoms with Gasteiger partial charge in [0.15, 0.2) is 0 Å². The molecule has 0 aromatic rings. The minimum Gasteiger partial charge on any atom is -0.369 e. The number of nitrogens with one attached hydrogen (secondary N) is 1. The molecule has 0 aromatic carbocycles. The fourth-order valence-corrected chi connectivity index (χ4v) is 3.14. The Morgan fingerprint density at radius 2 is 1.93 bits per heavy atom. The summed E-state index contributed by atoms with van der Waals surface area (Å²) in [4.78, 5) is 0. The first-order chi connectivity index (χ1) is 7.08. The Kier molecular flexibility index (Phi) is 3.36. The highest BCUT2D eigenvalue weighted by molar-refractivity contribution is 4.88. The second-order valence-electron chi connectivity index (χ2n) is 5.97. The lowest BCUT2D eigenvalue weighted by Gasteiger charge is -2.43. The third-order valence-electron chi connectivity index (χ3n) is 4.02. The maximum atomic E-state index is 6.22. The predicted octanol–water partition coefficient (Wildman–Crippen LogP) is 2.58. The van der Waals surface area contributed by atoms with Crippen molar-refractivity contribution in [1.29, 1.82) is 0 Å². The van der Waals surface area contributed by atoms with Gasteiger partial charge in [-0.25, -0.2) is 0 Å². The van der Waals surface area contributed by atoms with Crippen molar-refractivity contribution >= 4 is 0 Å². The molecule has 0 aromatic heterocycles. The first-order valence-corrected chi connectivity index (χ1v) is 6.47. The highest BCUT2D eigenvalue weighted by Crippen LogP contribution is 2.35. The van der Waals surface area contributed by atoms with Crippen LogP contribution in [0.4, 0.5) is 0 Å². The molecule has 1 aliphatic heterocycles. The lowest BCUT2D eigenvalue weighted by atomic mass is 9.76. The molecule has 0 bridgehead atoms. The van der Waals surface area contributed by atoms with Crippen molar-refractivity contribution in [1.82, 2.24) is 5.32 Å². The summed E-state index contributed by atoms with van der Waals surface area (Å²) in [5.41, 5.74) is 0.0279. The van der Waals surface area contributed by atoms with E-state index in [0.29, 0.717) is 6.10 Å². The molecule has 2 fully saturated rings. The molecule has 2 aliphatic rings. The van der Waals surface area contributed by atoms with E-state index in [1.54, 1.807) is 0 Å². The van der Waals surface area contributed by atoms with E-state index in [0.717, 1.165) is 24.9 Å². The molecule has 88 valence electrons. The van der Waals surface area contributed by atoms with Crippen LogP contribution in [0.15, 0.2) is 0 Å². The fraction of sp³-hybridized carbons (Fsp3) is 1.00. The second-order valence-corrected chi connectivity index (χ2v) is 5.97. The maximum absolute atomic E-state index is 6.22. The van der Waals surface area contributed by atoms with Crippen LogP contribution in [0.3, 0.4) is 0 Å². The molecule has 1 N–H and O–H groups in total. The van der Waals surface area contributed by atoms with Gasteiger partial charge < -0.3 is 10.1 Å². The lowest BCUT2D eigenvalue weighted by Crippen LogP contribution is -2.54. The zero-order chi connectivity index (χ0) is 10.9. The van der Waals surface area contributed by atoms with E-state index in [1.807, 2.05) is 0 Å². The Morgan fingerprint density at radius 3 is 2.60 bits per heavy atom. The van der Waals surface area contributed by atoms with Crippen molar-refractivity contribution in [2.24, 2.45) is 11.8 Å². The number of rotatable bonds is 1. The smallest absolute Gasteiger partial charge is 0.0754 e. The molecule has 2 heteroatoms. The van der Waals surface area contributed by atoms with Crippen LogP contribution >= 0.6 is 0 Å². The molecule has 1 aliphatic carbocycles. The quantitative estimate of drug-likeness (QED) is 0.720. The van der Waals surface area contributed by atoms with Gasteiger partial charge in [-0.05, 0) is 32.1 Å². The van der Waals surface area contributed by atoms with Crippen LogP contribution in [0.2, 0.25) is 0 Å². The molecule has 0 amide bonds. The topological polar surface area (TPSA) is 21.3 Å². The summed E-state index contributed by atoms with van der Waals surface area (Å²) >= 11 is 0. The summed E-state index contributed by atoms with van der Waals surface area (Å²) in [5, 5.41) is 3.52. The van der Waals surface area contributed by atoms with Crippen LogP contribution in [0.1, 0.15) is 46.5 Å². The summed E-state index contributed by atoms with van der Waals surface area (Å²) in [6.07, 6.45) is 6.02. The van der Waals surface area contributed by atoms with Gasteiger partial charge in [0.25, 0.3) is 0 Å². The molecule has 15 heavy (non-hydrogen) atoms. The van der Waals surface area contributed by atoms with Gasteiger partial charge in [-0.15, -0.1) is 0 Å². The van der Waals surface area contributed by atoms with Crippen LogP contribution in [-0.2, 0) is 4.74 Å². The van der Waals surface area contributed by atoms with Crippen molar-refractivity contribution in [3.05, 3.63) is 0 Å². The van der Waals surface area contributed by atoms with Crippen molar-refractivity contribution in [2.45, 2.75) is 58.2 Å². The predicted molar refractivity (Wildman–Crippen MR) is 62.9 cm³/mol. The Bertz CT molecular complexity index is 215. The molecule has 0 spiro atoms. The van der Waals surface area contributed by atoms with Gasteiger partial charge >= 0.3 is 0 Å². The van der Waals surface area contributed by atoms with Crippen LogP contribution in [-0.4, -0.2) is 24.8 Å². The number of ether oxygens (including phenoxy) is 1. The van der Waals surface area contributed by atoms with Crippen molar-refractivity contribution in [2.75, 3.05) is 13.1 Å². The zero-order valence-electron chi connectivity index (χ0n) is 10.4. The Labute approximate surface area is 93.8 Å². The Hall–Kier alpha value is -0.0800. The van der Waals surface area contributed by atoms with E-state index in [1.165, 1.54) is 25.7 Å². The molecule has 1 saturated heterocycles. The summed E-state index contributed by atoms with van der Waals surface area (Å²) in [6.45, 7) is 8.83. The molecular formula is C13H25NO. The summed E-state index contributed by atoms with van der Waals surface area (Å²) in [7, 11) is 0. The third-order valence-corrected chi connectivity index (χ3v) is 4.02. The first-order valence-electron chi connectivity index (χ1n) is 6.47. The van der Waals surface area contributed by atoms with Crippen LogP contribution in [0, 0.1) is 11.8 Å². The number of hydrogen-bond acceptors (Lipinski definition) is 2. The van der Waals surface area contributed by atoms with Crippen LogP contribution < -0.4 is 5.32 Å². The van der Waals surface area contributed by atoms with Gasteiger partial charge in [-0.1, -0.05) is 26.2 Å². The normalized spacial score (nSPS) is 41.4. The van der Waals surface area contributed by atoms with Crippen molar-refractivity contribution in [3.63, 3.8) is 0 Å². The largest absolute Gasteiger partial charge is 0.369 e. The lowest BCUT2D eigenvalue weighted by molar-refractivity contribution is -0.129. The van der Waals surface area contributed by atoms with E-state index in [-0.39, 0.29) is 5.60 Å². The summed E-state index contributed by atoms with van der Waals surface area (Å²) < 4.78 is 6.22. The van der Waals surface area contributed by atoms with Crippen LogP contribution in [0.5, 0.6) is 0 Å². The van der Waals surface area contributed by atoms with E-state index in [2.05, 4.69) is 26.1 Å². The number of hydrogen-bond donors (Lipinski definition) is 1. The minimum atomic E-state index is 0.0279. The van der Waals surface area contributed by atoms with Gasteiger partial charge in [0.1, 0.15) is 0 Å². The van der Waals surface area contributed by atoms with Crippen molar-refractivity contribution < 1.29 is 4.74 Å². The highest BCUT2D eigenvalue weighted by Gasteiger charge is 2.36. The monoisotopic (exact) mass is 211 g/mol. The van der Waals surface area contributed by atoms with Crippen LogP contribution in [0.25, 0.3) is 0 Å². The molecule has 1 heterocycles. The van der Waals surface area contributed by atoms with Gasteiger partial charge in [0, 0.05) is 13.1 Å². The average molecular weight is 211 g/mol. The SMILES string of the molecule is CC1CCCCC1C1CNCC(C)(C)O1. The molecule has 3 unspecified atom stereocenters. The average Bonchev–Trinajstić information content (AvgIpc) is 2.17. The maximum Gasteiger partial charge on any atom is 0.0754 e. The van der Waals surface area contributed by atoms with E-state index in [9.17, 15) is 0 Å². The van der Waals surface area contributed by atoms with E-state index < -0.39 is 0 Å². The molecule has 2 rings (SSSR count). The summed E-state index contributed by atoms with van der Waals surface area (Å²) in [5.74, 6) is 1.63. The second kappa shape index (κ2) is 4.42. The summed E-state index contributed by atoms with van der Waals surface area (Å²) in [6, 6.07) is 0. The minimum absolute atomic E-state index is 0.0279. The number of morpholine rings is 1. The third kappa shape index (κ3) is 2.73. The van der Waals surface area contributed by atoms with E-state index in [4.69, 9.17) is 4.74 Å². The van der Waals surface area contributed by atoms with Gasteiger partial charge in [-0.2, -0.15) is 0 Å². The highest BCUT2D eigenvalue weighted by atomic mass is 16.5. The first kappa shape index (κ1) is 11.4. The molecule has 0 radical (unpaired) electrons. The molecule has 2 nitrogen and oxygen atoms in total. The molecule has 3 atom stereocenters. The Morgan fingerprint density at radius 1 is 1.20 bits per heavy atom. The Balaban J connectivity index is 1.96. The van der Waals surface area contributed by atoms with Gasteiger partial charge in [0.2, 0.25) is 0 Å². The molecule has 1 saturated carbocycles. The van der Waals surface area contributed by atoms with Gasteiger partial charge in [-0.3, -0.25) is 0 Å².